The van der Waals surface area contributed by atoms with Gasteiger partial charge in [0.1, 0.15) is 0 Å². The second-order valence-corrected chi connectivity index (χ2v) is 5.99. The Morgan fingerprint density at radius 3 is 2.76 bits per heavy atom. The lowest BCUT2D eigenvalue weighted by molar-refractivity contribution is 0.386. The summed E-state index contributed by atoms with van der Waals surface area (Å²) in [7, 11) is 0. The van der Waals surface area contributed by atoms with E-state index < -0.39 is 0 Å². The van der Waals surface area contributed by atoms with Gasteiger partial charge in [0.15, 0.2) is 0 Å². The molecule has 114 valence electrons. The molecule has 1 atom stereocenters. The number of aryl methyl sites for hydroxylation is 1. The van der Waals surface area contributed by atoms with E-state index in [-0.39, 0.29) is 5.41 Å². The number of hydrogen-bond acceptors (Lipinski definition) is 2. The van der Waals surface area contributed by atoms with Crippen LogP contribution in [0.5, 0.6) is 0 Å². The van der Waals surface area contributed by atoms with Crippen LogP contribution >= 0.6 is 0 Å². The third-order valence-electron chi connectivity index (χ3n) is 4.05. The molecule has 1 N–H and O–H groups in total. The van der Waals surface area contributed by atoms with Crippen molar-refractivity contribution in [3.63, 3.8) is 0 Å². The molecule has 0 bridgehead atoms. The van der Waals surface area contributed by atoms with Crippen LogP contribution in [-0.4, -0.2) is 22.9 Å². The normalized spacial score (nSPS) is 14.2. The zero-order valence-corrected chi connectivity index (χ0v) is 13.5. The molecule has 0 radical (unpaired) electrons. The highest BCUT2D eigenvalue weighted by Gasteiger charge is 2.23. The van der Waals surface area contributed by atoms with E-state index in [2.05, 4.69) is 67.7 Å². The molecular weight excluding hydrogens is 258 g/mol. The molecule has 2 rings (SSSR count). The summed E-state index contributed by atoms with van der Waals surface area (Å²) in [5.41, 5.74) is 2.43. The van der Waals surface area contributed by atoms with Crippen LogP contribution in [0.1, 0.15) is 32.9 Å². The number of nitrogens with one attached hydrogen (secondary N) is 1. The molecule has 0 saturated carbocycles. The van der Waals surface area contributed by atoms with Crippen molar-refractivity contribution in [1.82, 2.24) is 15.1 Å². The predicted octanol–water partition coefficient (Wildman–Crippen LogP) is 3.79. The van der Waals surface area contributed by atoms with Gasteiger partial charge in [-0.1, -0.05) is 38.1 Å². The Labute approximate surface area is 128 Å². The van der Waals surface area contributed by atoms with Gasteiger partial charge in [-0.2, -0.15) is 5.10 Å². The minimum atomic E-state index is 0.0326. The van der Waals surface area contributed by atoms with Crippen LogP contribution in [0.15, 0.2) is 36.9 Å². The number of nitrogens with zero attached hydrogens (tertiary/aromatic N) is 2. The van der Waals surface area contributed by atoms with E-state index in [1.165, 1.54) is 16.6 Å². The minimum Gasteiger partial charge on any atom is -0.316 e. The fraction of sp³-hybridized carbons (Fsp3) is 0.500. The van der Waals surface area contributed by atoms with E-state index in [4.69, 9.17) is 5.10 Å². The average molecular weight is 285 g/mol. The average Bonchev–Trinajstić information content (AvgIpc) is 2.85. The first-order valence-electron chi connectivity index (χ1n) is 7.92. The lowest BCUT2D eigenvalue weighted by atomic mass is 9.84. The molecule has 0 aliphatic rings. The molecule has 1 aromatic carbocycles. The van der Waals surface area contributed by atoms with Crippen molar-refractivity contribution in [3.05, 3.63) is 42.6 Å². The molecular formula is C18H27N3. The SMILES string of the molecule is C=CC(C)(CNCCC)Cc1nn(CC)c2ccccc12. The van der Waals surface area contributed by atoms with Crippen LogP contribution in [0.3, 0.4) is 0 Å². The standard InChI is InChI=1S/C18H27N3/c1-5-12-19-14-18(4,6-2)13-16-15-10-8-9-11-17(15)21(7-3)20-16/h6,8-11,19H,2,5,7,12-14H2,1,3-4H3. The van der Waals surface area contributed by atoms with Crippen molar-refractivity contribution in [2.75, 3.05) is 13.1 Å². The number of benzene rings is 1. The summed E-state index contributed by atoms with van der Waals surface area (Å²) in [6, 6.07) is 8.49. The van der Waals surface area contributed by atoms with E-state index >= 15 is 0 Å². The van der Waals surface area contributed by atoms with Gasteiger partial charge >= 0.3 is 0 Å². The first-order valence-corrected chi connectivity index (χ1v) is 7.92. The Morgan fingerprint density at radius 1 is 1.33 bits per heavy atom. The van der Waals surface area contributed by atoms with Gasteiger partial charge in [0.25, 0.3) is 0 Å². The Balaban J connectivity index is 2.27. The maximum Gasteiger partial charge on any atom is 0.0712 e. The van der Waals surface area contributed by atoms with Gasteiger partial charge in [-0.25, -0.2) is 0 Å². The summed E-state index contributed by atoms with van der Waals surface area (Å²) in [4.78, 5) is 0. The van der Waals surface area contributed by atoms with Gasteiger partial charge in [0, 0.05) is 30.3 Å². The highest BCUT2D eigenvalue weighted by molar-refractivity contribution is 5.82. The van der Waals surface area contributed by atoms with E-state index in [1.807, 2.05) is 0 Å². The maximum atomic E-state index is 4.81. The van der Waals surface area contributed by atoms with Crippen molar-refractivity contribution in [3.8, 4) is 0 Å². The number of para-hydroxylation sites is 1. The topological polar surface area (TPSA) is 29.9 Å². The van der Waals surface area contributed by atoms with Crippen LogP contribution in [0.2, 0.25) is 0 Å². The molecule has 1 aromatic heterocycles. The molecule has 0 aliphatic heterocycles. The summed E-state index contributed by atoms with van der Waals surface area (Å²) >= 11 is 0. The third-order valence-corrected chi connectivity index (χ3v) is 4.05. The number of rotatable bonds is 8. The van der Waals surface area contributed by atoms with Gasteiger partial charge in [0.2, 0.25) is 0 Å². The number of aromatic nitrogens is 2. The van der Waals surface area contributed by atoms with Gasteiger partial charge in [0.05, 0.1) is 11.2 Å². The molecule has 0 aliphatic carbocycles. The van der Waals surface area contributed by atoms with Gasteiger partial charge in [-0.05, 0) is 26.0 Å². The number of fused-ring (bicyclic) bond motifs is 1. The molecule has 0 spiro atoms. The Kier molecular flexibility index (Phi) is 5.18. The molecule has 3 heteroatoms. The van der Waals surface area contributed by atoms with Crippen LogP contribution in [0.25, 0.3) is 10.9 Å². The second kappa shape index (κ2) is 6.90. The van der Waals surface area contributed by atoms with Crippen molar-refractivity contribution in [1.29, 1.82) is 0 Å². The van der Waals surface area contributed by atoms with Crippen LogP contribution in [-0.2, 0) is 13.0 Å². The largest absolute Gasteiger partial charge is 0.316 e. The lowest BCUT2D eigenvalue weighted by Gasteiger charge is -2.25. The Morgan fingerprint density at radius 2 is 2.10 bits per heavy atom. The summed E-state index contributed by atoms with van der Waals surface area (Å²) in [5.74, 6) is 0. The zero-order valence-electron chi connectivity index (χ0n) is 13.5. The molecule has 1 unspecified atom stereocenters. The van der Waals surface area contributed by atoms with Gasteiger partial charge < -0.3 is 5.32 Å². The molecule has 3 nitrogen and oxygen atoms in total. The second-order valence-electron chi connectivity index (χ2n) is 5.99. The molecule has 0 saturated heterocycles. The first kappa shape index (κ1) is 15.8. The number of hydrogen-bond donors (Lipinski definition) is 1. The molecule has 0 amide bonds. The minimum absolute atomic E-state index is 0.0326. The fourth-order valence-electron chi connectivity index (χ4n) is 2.71. The lowest BCUT2D eigenvalue weighted by Crippen LogP contribution is -2.32. The van der Waals surface area contributed by atoms with Crippen LogP contribution in [0.4, 0.5) is 0 Å². The van der Waals surface area contributed by atoms with Crippen LogP contribution < -0.4 is 5.32 Å². The monoisotopic (exact) mass is 285 g/mol. The molecule has 0 fully saturated rings. The summed E-state index contributed by atoms with van der Waals surface area (Å²) in [5, 5.41) is 9.59. The van der Waals surface area contributed by atoms with Crippen molar-refractivity contribution >= 4 is 10.9 Å². The molecule has 2 aromatic rings. The van der Waals surface area contributed by atoms with Gasteiger partial charge in [-0.15, -0.1) is 6.58 Å². The van der Waals surface area contributed by atoms with Gasteiger partial charge in [-0.3, -0.25) is 4.68 Å². The fourth-order valence-corrected chi connectivity index (χ4v) is 2.71. The van der Waals surface area contributed by atoms with Crippen LogP contribution in [0, 0.1) is 5.41 Å². The van der Waals surface area contributed by atoms with Crippen molar-refractivity contribution < 1.29 is 0 Å². The van der Waals surface area contributed by atoms with Crippen molar-refractivity contribution in [2.45, 2.75) is 40.2 Å². The van der Waals surface area contributed by atoms with Crippen molar-refractivity contribution in [2.24, 2.45) is 5.41 Å². The quantitative estimate of drug-likeness (QED) is 0.591. The highest BCUT2D eigenvalue weighted by atomic mass is 15.3. The maximum absolute atomic E-state index is 4.81. The van der Waals surface area contributed by atoms with E-state index in [1.54, 1.807) is 0 Å². The summed E-state index contributed by atoms with van der Waals surface area (Å²) in [6.45, 7) is 13.5. The molecule has 1 heterocycles. The summed E-state index contributed by atoms with van der Waals surface area (Å²) < 4.78 is 2.09. The van der Waals surface area contributed by atoms with E-state index in [9.17, 15) is 0 Å². The zero-order chi connectivity index (χ0) is 15.3. The smallest absolute Gasteiger partial charge is 0.0712 e. The predicted molar refractivity (Wildman–Crippen MR) is 90.6 cm³/mol. The summed E-state index contributed by atoms with van der Waals surface area (Å²) in [6.07, 6.45) is 4.14. The highest BCUT2D eigenvalue weighted by Crippen LogP contribution is 2.27. The third kappa shape index (κ3) is 3.53. The van der Waals surface area contributed by atoms with E-state index in [0.29, 0.717) is 0 Å². The Bertz CT molecular complexity index is 600. The molecule has 21 heavy (non-hydrogen) atoms. The Hall–Kier alpha value is -1.61. The first-order chi connectivity index (χ1) is 10.1. The van der Waals surface area contributed by atoms with E-state index in [0.717, 1.165) is 32.5 Å².